The molecule has 1 saturated heterocycles. The van der Waals surface area contributed by atoms with E-state index in [1.807, 2.05) is 0 Å². The van der Waals surface area contributed by atoms with E-state index in [4.69, 9.17) is 0 Å². The Morgan fingerprint density at radius 3 is 2.74 bits per heavy atom. The van der Waals surface area contributed by atoms with Crippen molar-refractivity contribution in [3.63, 3.8) is 0 Å². The first kappa shape index (κ1) is 14.5. The molecule has 6 heteroatoms. The molecule has 2 fully saturated rings. The molecule has 1 aliphatic carbocycles. The summed E-state index contributed by atoms with van der Waals surface area (Å²) >= 11 is 0. The molecule has 19 heavy (non-hydrogen) atoms. The highest BCUT2D eigenvalue weighted by Gasteiger charge is 2.44. The monoisotopic (exact) mass is 284 g/mol. The zero-order chi connectivity index (χ0) is 14.1. The first-order chi connectivity index (χ1) is 8.87. The highest BCUT2D eigenvalue weighted by molar-refractivity contribution is 7.88. The first-order valence-corrected chi connectivity index (χ1v) is 8.62. The maximum atomic E-state index is 11.9. The van der Waals surface area contributed by atoms with E-state index in [2.05, 4.69) is 6.07 Å². The maximum absolute atomic E-state index is 11.9. The summed E-state index contributed by atoms with van der Waals surface area (Å²) in [5.41, 5.74) is -0.842. The van der Waals surface area contributed by atoms with Gasteiger partial charge in [-0.05, 0) is 38.0 Å². The second-order valence-electron chi connectivity index (χ2n) is 5.80. The highest BCUT2D eigenvalue weighted by Crippen LogP contribution is 2.41. The van der Waals surface area contributed by atoms with Crippen LogP contribution < -0.4 is 0 Å². The van der Waals surface area contributed by atoms with E-state index >= 15 is 0 Å². The van der Waals surface area contributed by atoms with Gasteiger partial charge in [0.05, 0.1) is 12.3 Å². The molecule has 0 aromatic heterocycles. The Hall–Kier alpha value is -0.930. The van der Waals surface area contributed by atoms with E-state index in [0.717, 1.165) is 19.3 Å². The number of ketones is 1. The number of hydrogen-bond acceptors (Lipinski definition) is 4. The van der Waals surface area contributed by atoms with E-state index in [1.165, 1.54) is 10.6 Å². The molecular formula is C13H20N2O3S. The van der Waals surface area contributed by atoms with Gasteiger partial charge in [0.2, 0.25) is 10.0 Å². The standard InChI is InChI=1S/C13H20N2O3S/c1-19(17,18)15-7-3-4-11(9-15)8-13(10-14)6-2-5-12(13)16/h11H,2-9H2,1H3. The normalized spacial score (nSPS) is 33.3. The molecule has 0 radical (unpaired) electrons. The largest absolute Gasteiger partial charge is 0.298 e. The fraction of sp³-hybridized carbons (Fsp3) is 0.846. The second-order valence-corrected chi connectivity index (χ2v) is 7.79. The van der Waals surface area contributed by atoms with Gasteiger partial charge in [0.25, 0.3) is 0 Å². The Kier molecular flexibility index (Phi) is 3.98. The molecule has 0 aromatic carbocycles. The van der Waals surface area contributed by atoms with Gasteiger partial charge in [-0.15, -0.1) is 0 Å². The second kappa shape index (κ2) is 5.22. The number of rotatable bonds is 3. The number of nitriles is 1. The molecule has 0 N–H and O–H groups in total. The van der Waals surface area contributed by atoms with Crippen molar-refractivity contribution in [3.05, 3.63) is 0 Å². The molecule has 2 unspecified atom stereocenters. The number of carbonyl (C=O) groups excluding carboxylic acids is 1. The molecule has 1 heterocycles. The van der Waals surface area contributed by atoms with Crippen LogP contribution in [0.4, 0.5) is 0 Å². The predicted octanol–water partition coefficient (Wildman–Crippen LogP) is 1.31. The molecule has 5 nitrogen and oxygen atoms in total. The minimum atomic E-state index is -3.17. The molecule has 2 rings (SSSR count). The lowest BCUT2D eigenvalue weighted by Crippen LogP contribution is -2.41. The third-order valence-corrected chi connectivity index (χ3v) is 5.61. The highest BCUT2D eigenvalue weighted by atomic mass is 32.2. The van der Waals surface area contributed by atoms with Crippen molar-refractivity contribution < 1.29 is 13.2 Å². The van der Waals surface area contributed by atoms with Crippen LogP contribution in [-0.4, -0.2) is 37.9 Å². The van der Waals surface area contributed by atoms with Crippen LogP contribution >= 0.6 is 0 Å². The van der Waals surface area contributed by atoms with Crippen molar-refractivity contribution in [2.24, 2.45) is 11.3 Å². The van der Waals surface area contributed by atoms with E-state index < -0.39 is 15.4 Å². The van der Waals surface area contributed by atoms with E-state index in [1.54, 1.807) is 0 Å². The fourth-order valence-corrected chi connectivity index (χ4v) is 4.24. The molecule has 1 saturated carbocycles. The van der Waals surface area contributed by atoms with Crippen LogP contribution in [-0.2, 0) is 14.8 Å². The summed E-state index contributed by atoms with van der Waals surface area (Å²) in [5, 5.41) is 9.34. The quantitative estimate of drug-likeness (QED) is 0.783. The molecule has 0 bridgehead atoms. The van der Waals surface area contributed by atoms with Gasteiger partial charge in [0.15, 0.2) is 5.78 Å². The lowest BCUT2D eigenvalue weighted by molar-refractivity contribution is -0.124. The fourth-order valence-electron chi connectivity index (χ4n) is 3.30. The van der Waals surface area contributed by atoms with Gasteiger partial charge >= 0.3 is 0 Å². The third-order valence-electron chi connectivity index (χ3n) is 4.34. The molecule has 106 valence electrons. The van der Waals surface area contributed by atoms with Gasteiger partial charge in [-0.1, -0.05) is 0 Å². The Morgan fingerprint density at radius 1 is 1.47 bits per heavy atom. The van der Waals surface area contributed by atoms with Crippen LogP contribution in [0.3, 0.4) is 0 Å². The van der Waals surface area contributed by atoms with Crippen molar-refractivity contribution in [2.75, 3.05) is 19.3 Å². The molecule has 2 aliphatic rings. The minimum Gasteiger partial charge on any atom is -0.298 e. The number of hydrogen-bond donors (Lipinski definition) is 0. The van der Waals surface area contributed by atoms with Gasteiger partial charge < -0.3 is 0 Å². The lowest BCUT2D eigenvalue weighted by Gasteiger charge is -2.34. The number of piperidine rings is 1. The van der Waals surface area contributed by atoms with Crippen LogP contribution in [0.2, 0.25) is 0 Å². The van der Waals surface area contributed by atoms with E-state index in [0.29, 0.717) is 32.4 Å². The third kappa shape index (κ3) is 2.98. The van der Waals surface area contributed by atoms with Crippen molar-refractivity contribution in [1.29, 1.82) is 5.26 Å². The van der Waals surface area contributed by atoms with Crippen LogP contribution in [0.25, 0.3) is 0 Å². The van der Waals surface area contributed by atoms with Crippen LogP contribution in [0.5, 0.6) is 0 Å². The van der Waals surface area contributed by atoms with E-state index in [9.17, 15) is 18.5 Å². The summed E-state index contributed by atoms with van der Waals surface area (Å²) in [7, 11) is -3.17. The minimum absolute atomic E-state index is 0.0477. The van der Waals surface area contributed by atoms with Crippen molar-refractivity contribution in [3.8, 4) is 6.07 Å². The summed E-state index contributed by atoms with van der Waals surface area (Å²) in [5.74, 6) is 0.177. The molecule has 0 aromatic rings. The number of sulfonamides is 1. The van der Waals surface area contributed by atoms with Gasteiger partial charge in [-0.2, -0.15) is 5.26 Å². The summed E-state index contributed by atoms with van der Waals surface area (Å²) in [6, 6.07) is 2.21. The van der Waals surface area contributed by atoms with E-state index in [-0.39, 0.29) is 11.7 Å². The van der Waals surface area contributed by atoms with Gasteiger partial charge in [0, 0.05) is 19.5 Å². The molecule has 2 atom stereocenters. The Bertz CT molecular complexity index is 508. The van der Waals surface area contributed by atoms with Crippen molar-refractivity contribution in [2.45, 2.75) is 38.5 Å². The summed E-state index contributed by atoms with van der Waals surface area (Å²) in [6.45, 7) is 1.01. The smallest absolute Gasteiger partial charge is 0.211 e. The van der Waals surface area contributed by atoms with Crippen molar-refractivity contribution >= 4 is 15.8 Å². The average molecular weight is 284 g/mol. The maximum Gasteiger partial charge on any atom is 0.211 e. The first-order valence-electron chi connectivity index (χ1n) is 6.77. The molecule has 0 spiro atoms. The lowest BCUT2D eigenvalue weighted by atomic mass is 9.76. The van der Waals surface area contributed by atoms with Gasteiger partial charge in [-0.25, -0.2) is 12.7 Å². The summed E-state index contributed by atoms with van der Waals surface area (Å²) in [4.78, 5) is 11.9. The topological polar surface area (TPSA) is 78.2 Å². The average Bonchev–Trinajstić information content (AvgIpc) is 2.71. The van der Waals surface area contributed by atoms with Crippen LogP contribution in [0.15, 0.2) is 0 Å². The van der Waals surface area contributed by atoms with Gasteiger partial charge in [-0.3, -0.25) is 4.79 Å². The zero-order valence-corrected chi connectivity index (χ0v) is 12.1. The van der Waals surface area contributed by atoms with Crippen LogP contribution in [0.1, 0.15) is 38.5 Å². The van der Waals surface area contributed by atoms with Crippen LogP contribution in [0, 0.1) is 22.7 Å². The number of carbonyl (C=O) groups is 1. The Labute approximate surface area is 114 Å². The van der Waals surface area contributed by atoms with Gasteiger partial charge in [0.1, 0.15) is 5.41 Å². The number of Topliss-reactive ketones (excluding diaryl/α,β-unsaturated/α-hetero) is 1. The molecule has 1 aliphatic heterocycles. The molecular weight excluding hydrogens is 264 g/mol. The van der Waals surface area contributed by atoms with Crippen molar-refractivity contribution in [1.82, 2.24) is 4.31 Å². The number of nitrogens with zero attached hydrogens (tertiary/aromatic N) is 2. The molecule has 0 amide bonds. The Morgan fingerprint density at radius 2 is 2.21 bits per heavy atom. The predicted molar refractivity (Wildman–Crippen MR) is 70.7 cm³/mol. The Balaban J connectivity index is 2.07. The summed E-state index contributed by atoms with van der Waals surface area (Å²) < 4.78 is 24.6. The summed E-state index contributed by atoms with van der Waals surface area (Å²) in [6.07, 6.45) is 5.38. The zero-order valence-electron chi connectivity index (χ0n) is 11.3. The SMILES string of the molecule is CS(=O)(=O)N1CCCC(CC2(C#N)CCCC2=O)C1.